The van der Waals surface area contributed by atoms with Crippen molar-refractivity contribution in [3.05, 3.63) is 23.8 Å². The van der Waals surface area contributed by atoms with Crippen LogP contribution in [0.1, 0.15) is 18.4 Å². The van der Waals surface area contributed by atoms with Crippen LogP contribution in [0.15, 0.2) is 18.2 Å². The third-order valence-corrected chi connectivity index (χ3v) is 2.18. The summed E-state index contributed by atoms with van der Waals surface area (Å²) in [6, 6.07) is 5.93. The Balaban J connectivity index is 2.52. The fourth-order valence-electron chi connectivity index (χ4n) is 1.32. The van der Waals surface area contributed by atoms with E-state index in [2.05, 4.69) is 0 Å². The second-order valence-electron chi connectivity index (χ2n) is 3.50. The maximum atomic E-state index is 5.60. The molecule has 2 N–H and O–H groups in total. The summed E-state index contributed by atoms with van der Waals surface area (Å²) in [5.41, 5.74) is 6.57. The van der Waals surface area contributed by atoms with Crippen molar-refractivity contribution in [3.63, 3.8) is 0 Å². The fourth-order valence-corrected chi connectivity index (χ4v) is 1.32. The van der Waals surface area contributed by atoms with Gasteiger partial charge in [0.2, 0.25) is 0 Å². The highest BCUT2D eigenvalue weighted by molar-refractivity contribution is 5.42. The fraction of sp³-hybridized carbons (Fsp3) is 0.500. The Morgan fingerprint density at radius 1 is 1.20 bits per heavy atom. The highest BCUT2D eigenvalue weighted by Gasteiger charge is 2.03. The van der Waals surface area contributed by atoms with E-state index in [1.54, 1.807) is 7.11 Å². The van der Waals surface area contributed by atoms with Crippen LogP contribution >= 0.6 is 0 Å². The summed E-state index contributed by atoms with van der Waals surface area (Å²) < 4.78 is 10.8. The van der Waals surface area contributed by atoms with E-state index in [1.165, 1.54) is 5.56 Å². The van der Waals surface area contributed by atoms with Gasteiger partial charge in [0, 0.05) is 0 Å². The number of ether oxygens (including phenoxy) is 2. The molecule has 0 aliphatic rings. The van der Waals surface area contributed by atoms with E-state index in [-0.39, 0.29) is 0 Å². The van der Waals surface area contributed by atoms with Crippen molar-refractivity contribution in [2.75, 3.05) is 20.3 Å². The number of hydrogen-bond donors (Lipinski definition) is 1. The number of methoxy groups -OCH3 is 1. The molecule has 0 heterocycles. The lowest BCUT2D eigenvalue weighted by molar-refractivity contribution is 0.287. The molecule has 0 bridgehead atoms. The first-order valence-electron chi connectivity index (χ1n) is 5.25. The molecule has 0 aliphatic carbocycles. The molecular weight excluding hydrogens is 190 g/mol. The Labute approximate surface area is 91.2 Å². The molecule has 0 aromatic heterocycles. The topological polar surface area (TPSA) is 44.5 Å². The molecule has 0 fully saturated rings. The lowest BCUT2D eigenvalue weighted by Gasteiger charge is -2.10. The van der Waals surface area contributed by atoms with Crippen LogP contribution in [0.25, 0.3) is 0 Å². The van der Waals surface area contributed by atoms with E-state index >= 15 is 0 Å². The van der Waals surface area contributed by atoms with Gasteiger partial charge in [-0.1, -0.05) is 6.07 Å². The van der Waals surface area contributed by atoms with E-state index in [4.69, 9.17) is 15.2 Å². The first kappa shape index (κ1) is 11.9. The van der Waals surface area contributed by atoms with Crippen LogP contribution in [-0.4, -0.2) is 20.3 Å². The Morgan fingerprint density at radius 3 is 2.67 bits per heavy atom. The lowest BCUT2D eigenvalue weighted by Crippen LogP contribution is -2.04. The molecule has 0 saturated carbocycles. The van der Waals surface area contributed by atoms with Gasteiger partial charge in [0.25, 0.3) is 0 Å². The highest BCUT2D eigenvalue weighted by Crippen LogP contribution is 2.27. The van der Waals surface area contributed by atoms with Gasteiger partial charge < -0.3 is 15.2 Å². The van der Waals surface area contributed by atoms with Gasteiger partial charge >= 0.3 is 0 Å². The van der Waals surface area contributed by atoms with Crippen LogP contribution in [0.4, 0.5) is 0 Å². The molecule has 1 aromatic carbocycles. The third-order valence-electron chi connectivity index (χ3n) is 2.18. The minimum Gasteiger partial charge on any atom is -0.493 e. The summed E-state index contributed by atoms with van der Waals surface area (Å²) in [6.45, 7) is 3.44. The molecule has 0 radical (unpaired) electrons. The van der Waals surface area contributed by atoms with Crippen LogP contribution < -0.4 is 15.2 Å². The molecule has 3 nitrogen and oxygen atoms in total. The maximum absolute atomic E-state index is 5.60. The predicted molar refractivity (Wildman–Crippen MR) is 61.5 cm³/mol. The summed E-state index contributed by atoms with van der Waals surface area (Å²) in [7, 11) is 1.65. The number of aryl methyl sites for hydroxylation is 1. The zero-order valence-corrected chi connectivity index (χ0v) is 9.45. The predicted octanol–water partition coefficient (Wildman–Crippen LogP) is 2.12. The minimum atomic E-state index is 0.691. The summed E-state index contributed by atoms with van der Waals surface area (Å²) in [5, 5.41) is 0. The van der Waals surface area contributed by atoms with Gasteiger partial charge in [-0.25, -0.2) is 0 Å². The molecule has 1 aromatic rings. The average molecular weight is 209 g/mol. The average Bonchev–Trinajstić information content (AvgIpc) is 2.26. The van der Waals surface area contributed by atoms with E-state index in [0.717, 1.165) is 24.3 Å². The van der Waals surface area contributed by atoms with Crippen molar-refractivity contribution in [1.29, 1.82) is 0 Å². The maximum Gasteiger partial charge on any atom is 0.161 e. The van der Waals surface area contributed by atoms with Crippen molar-refractivity contribution < 1.29 is 9.47 Å². The molecule has 0 saturated heterocycles. The highest BCUT2D eigenvalue weighted by atomic mass is 16.5. The molecule has 84 valence electrons. The SMILES string of the molecule is COc1cc(C)ccc1OCCCCN. The molecule has 3 heteroatoms. The number of rotatable bonds is 6. The monoisotopic (exact) mass is 209 g/mol. The number of unbranched alkanes of at least 4 members (excludes halogenated alkanes) is 1. The van der Waals surface area contributed by atoms with Crippen LogP contribution in [0.2, 0.25) is 0 Å². The molecule has 0 aliphatic heterocycles. The first-order valence-corrected chi connectivity index (χ1v) is 5.25. The van der Waals surface area contributed by atoms with Gasteiger partial charge in [0.15, 0.2) is 11.5 Å². The van der Waals surface area contributed by atoms with Gasteiger partial charge in [0.05, 0.1) is 13.7 Å². The van der Waals surface area contributed by atoms with Gasteiger partial charge in [-0.2, -0.15) is 0 Å². The van der Waals surface area contributed by atoms with Gasteiger partial charge in [-0.15, -0.1) is 0 Å². The van der Waals surface area contributed by atoms with Gasteiger partial charge in [-0.3, -0.25) is 0 Å². The minimum absolute atomic E-state index is 0.691. The van der Waals surface area contributed by atoms with Crippen molar-refractivity contribution in [2.24, 2.45) is 5.73 Å². The summed E-state index contributed by atoms with van der Waals surface area (Å²) in [4.78, 5) is 0. The number of hydrogen-bond acceptors (Lipinski definition) is 3. The van der Waals surface area contributed by atoms with Crippen LogP contribution in [0.3, 0.4) is 0 Å². The molecule has 0 spiro atoms. The molecular formula is C12H19NO2. The Hall–Kier alpha value is -1.22. The second kappa shape index (κ2) is 6.30. The lowest BCUT2D eigenvalue weighted by atomic mass is 10.2. The Morgan fingerprint density at radius 2 is 2.00 bits per heavy atom. The first-order chi connectivity index (χ1) is 7.27. The standard InChI is InChI=1S/C12H19NO2/c1-10-5-6-11(12(9-10)14-2)15-8-4-3-7-13/h5-6,9H,3-4,7-8,13H2,1-2H3. The van der Waals surface area contributed by atoms with E-state index in [0.29, 0.717) is 13.2 Å². The van der Waals surface area contributed by atoms with Crippen LogP contribution in [0.5, 0.6) is 11.5 Å². The smallest absolute Gasteiger partial charge is 0.161 e. The van der Waals surface area contributed by atoms with E-state index in [9.17, 15) is 0 Å². The molecule has 0 atom stereocenters. The summed E-state index contributed by atoms with van der Waals surface area (Å²) in [5.74, 6) is 1.60. The summed E-state index contributed by atoms with van der Waals surface area (Å²) in [6.07, 6.45) is 1.97. The van der Waals surface area contributed by atoms with Gasteiger partial charge in [-0.05, 0) is 44.0 Å². The van der Waals surface area contributed by atoms with Crippen molar-refractivity contribution in [2.45, 2.75) is 19.8 Å². The molecule has 0 unspecified atom stereocenters. The van der Waals surface area contributed by atoms with Crippen LogP contribution in [0, 0.1) is 6.92 Å². The second-order valence-corrected chi connectivity index (χ2v) is 3.50. The van der Waals surface area contributed by atoms with Crippen molar-refractivity contribution in [1.82, 2.24) is 0 Å². The molecule has 1 rings (SSSR count). The van der Waals surface area contributed by atoms with E-state index < -0.39 is 0 Å². The van der Waals surface area contributed by atoms with Crippen molar-refractivity contribution in [3.8, 4) is 11.5 Å². The Kier molecular flexibility index (Phi) is 4.98. The van der Waals surface area contributed by atoms with Crippen molar-refractivity contribution >= 4 is 0 Å². The molecule has 15 heavy (non-hydrogen) atoms. The zero-order chi connectivity index (χ0) is 11.1. The van der Waals surface area contributed by atoms with Crippen LogP contribution in [-0.2, 0) is 0 Å². The number of nitrogens with two attached hydrogens (primary N) is 1. The Bertz CT molecular complexity index is 300. The van der Waals surface area contributed by atoms with Gasteiger partial charge in [0.1, 0.15) is 0 Å². The number of benzene rings is 1. The molecule has 0 amide bonds. The largest absolute Gasteiger partial charge is 0.493 e. The van der Waals surface area contributed by atoms with E-state index in [1.807, 2.05) is 25.1 Å². The third kappa shape index (κ3) is 3.80. The normalized spacial score (nSPS) is 10.1. The zero-order valence-electron chi connectivity index (χ0n) is 9.45. The quantitative estimate of drug-likeness (QED) is 0.730. The summed E-state index contributed by atoms with van der Waals surface area (Å²) >= 11 is 0.